The Morgan fingerprint density at radius 1 is 0.389 bits per heavy atom. The summed E-state index contributed by atoms with van der Waals surface area (Å²) in [5, 5.41) is 7.09. The monoisotopic (exact) mass is 696 g/mol. The molecule has 0 bridgehead atoms. The van der Waals surface area contributed by atoms with Gasteiger partial charge in [-0.1, -0.05) is 155 Å². The highest BCUT2D eigenvalue weighted by atomic mass is 14.8. The fourth-order valence-electron chi connectivity index (χ4n) is 8.28. The smallest absolute Gasteiger partial charge is 0.0972 e. The van der Waals surface area contributed by atoms with Gasteiger partial charge in [0.1, 0.15) is 0 Å². The van der Waals surface area contributed by atoms with Crippen molar-refractivity contribution in [3.63, 3.8) is 0 Å². The number of hydrogen-bond donors (Lipinski definition) is 0. The molecule has 0 saturated carbocycles. The largest absolute Gasteiger partial charge is 0.253 e. The highest BCUT2D eigenvalue weighted by molar-refractivity contribution is 6.13. The molecular formula is C52H44N2. The van der Waals surface area contributed by atoms with Gasteiger partial charge in [0.15, 0.2) is 0 Å². The van der Waals surface area contributed by atoms with Gasteiger partial charge in [-0.25, -0.2) is 4.98 Å². The summed E-state index contributed by atoms with van der Waals surface area (Å²) in [6.45, 7) is 8.94. The lowest BCUT2D eigenvalue weighted by molar-refractivity contribution is 1.09. The first-order chi connectivity index (χ1) is 26.5. The maximum atomic E-state index is 5.73. The van der Waals surface area contributed by atoms with E-state index < -0.39 is 0 Å². The standard InChI is InChI=1S/C52H44N2/c1-5-33-24-34(6-2)27-41(26-33)43-30-39-20-21-40-31-48(42-28-35(7-3)25-36(8-4)29-42)52(54-51(40)50(39)53-32-43)47-23-22-38-15-10-12-18-45(38)49(47)46-19-13-16-37-14-9-11-17-44(37)46/h9-32H,5-8H2,1-4H3. The number of pyridine rings is 2. The number of aromatic nitrogens is 2. The molecule has 2 aromatic heterocycles. The maximum absolute atomic E-state index is 5.73. The van der Waals surface area contributed by atoms with Crippen LogP contribution in [0.25, 0.3) is 88.0 Å². The van der Waals surface area contributed by atoms with Gasteiger partial charge < -0.3 is 0 Å². The Morgan fingerprint density at radius 3 is 1.61 bits per heavy atom. The van der Waals surface area contributed by atoms with Crippen molar-refractivity contribution < 1.29 is 0 Å². The van der Waals surface area contributed by atoms with Gasteiger partial charge >= 0.3 is 0 Å². The third-order valence-electron chi connectivity index (χ3n) is 11.3. The van der Waals surface area contributed by atoms with Gasteiger partial charge in [0.05, 0.1) is 16.7 Å². The summed E-state index contributed by atoms with van der Waals surface area (Å²) in [4.78, 5) is 10.9. The molecule has 54 heavy (non-hydrogen) atoms. The molecule has 0 aliphatic heterocycles. The summed E-state index contributed by atoms with van der Waals surface area (Å²) in [7, 11) is 0. The second-order valence-corrected chi connectivity index (χ2v) is 14.5. The van der Waals surface area contributed by atoms with Gasteiger partial charge in [-0.3, -0.25) is 4.98 Å². The summed E-state index contributed by atoms with van der Waals surface area (Å²) in [5.74, 6) is 0. The van der Waals surface area contributed by atoms with Crippen molar-refractivity contribution in [3.8, 4) is 44.6 Å². The van der Waals surface area contributed by atoms with E-state index in [9.17, 15) is 0 Å². The predicted molar refractivity (Wildman–Crippen MR) is 231 cm³/mol. The Kier molecular flexibility index (Phi) is 8.75. The van der Waals surface area contributed by atoms with E-state index in [-0.39, 0.29) is 0 Å². The first-order valence-corrected chi connectivity index (χ1v) is 19.5. The van der Waals surface area contributed by atoms with Gasteiger partial charge in [0.2, 0.25) is 0 Å². The summed E-state index contributed by atoms with van der Waals surface area (Å²) >= 11 is 0. The Balaban J connectivity index is 1.36. The van der Waals surface area contributed by atoms with Crippen LogP contribution in [-0.2, 0) is 25.7 Å². The normalized spacial score (nSPS) is 11.6. The van der Waals surface area contributed by atoms with Crippen LogP contribution in [0.4, 0.5) is 0 Å². The van der Waals surface area contributed by atoms with E-state index in [4.69, 9.17) is 9.97 Å². The first kappa shape index (κ1) is 33.7. The summed E-state index contributed by atoms with van der Waals surface area (Å²) in [6, 6.07) is 51.9. The molecule has 0 aliphatic rings. The third-order valence-corrected chi connectivity index (χ3v) is 11.3. The van der Waals surface area contributed by atoms with E-state index in [0.29, 0.717) is 0 Å². The van der Waals surface area contributed by atoms with Crippen molar-refractivity contribution >= 4 is 43.4 Å². The van der Waals surface area contributed by atoms with Crippen molar-refractivity contribution in [2.45, 2.75) is 53.4 Å². The minimum absolute atomic E-state index is 0.925. The van der Waals surface area contributed by atoms with Crippen LogP contribution in [0, 0.1) is 0 Å². The number of fused-ring (bicyclic) bond motifs is 5. The molecule has 9 aromatic rings. The quantitative estimate of drug-likeness (QED) is 0.148. The zero-order chi connectivity index (χ0) is 36.8. The Hall–Kier alpha value is -6.12. The van der Waals surface area contributed by atoms with Gasteiger partial charge in [-0.05, 0) is 104 Å². The number of nitrogens with zero attached hydrogens (tertiary/aromatic N) is 2. The Labute approximate surface area is 318 Å². The Morgan fingerprint density at radius 2 is 0.944 bits per heavy atom. The average molecular weight is 697 g/mol. The van der Waals surface area contributed by atoms with E-state index in [1.165, 1.54) is 66.1 Å². The Bertz CT molecular complexity index is 2830. The highest BCUT2D eigenvalue weighted by Gasteiger charge is 2.21. The molecule has 0 fully saturated rings. The molecule has 0 spiro atoms. The van der Waals surface area contributed by atoms with E-state index in [1.807, 2.05) is 6.20 Å². The fraction of sp³-hybridized carbons (Fsp3) is 0.154. The second-order valence-electron chi connectivity index (χ2n) is 14.5. The molecular weight excluding hydrogens is 653 g/mol. The molecule has 0 amide bonds. The molecule has 9 rings (SSSR count). The lowest BCUT2D eigenvalue weighted by Crippen LogP contribution is -1.98. The summed E-state index contributed by atoms with van der Waals surface area (Å²) in [5.41, 5.74) is 16.5. The van der Waals surface area contributed by atoms with E-state index >= 15 is 0 Å². The molecule has 0 N–H and O–H groups in total. The maximum Gasteiger partial charge on any atom is 0.0972 e. The number of aryl methyl sites for hydroxylation is 4. The van der Waals surface area contributed by atoms with Crippen LogP contribution in [0.15, 0.2) is 146 Å². The minimum Gasteiger partial charge on any atom is -0.253 e. The molecule has 2 heterocycles. The topological polar surface area (TPSA) is 25.8 Å². The molecule has 7 aromatic carbocycles. The van der Waals surface area contributed by atoms with Crippen LogP contribution in [0.1, 0.15) is 49.9 Å². The van der Waals surface area contributed by atoms with Crippen molar-refractivity contribution in [3.05, 3.63) is 168 Å². The molecule has 2 nitrogen and oxygen atoms in total. The van der Waals surface area contributed by atoms with Gasteiger partial charge in [-0.15, -0.1) is 0 Å². The van der Waals surface area contributed by atoms with Crippen molar-refractivity contribution in [2.75, 3.05) is 0 Å². The molecule has 0 saturated heterocycles. The molecule has 0 atom stereocenters. The fourth-order valence-corrected chi connectivity index (χ4v) is 8.28. The van der Waals surface area contributed by atoms with Crippen LogP contribution in [-0.4, -0.2) is 9.97 Å². The second kappa shape index (κ2) is 14.0. The van der Waals surface area contributed by atoms with Crippen molar-refractivity contribution in [1.29, 1.82) is 0 Å². The molecule has 0 radical (unpaired) electrons. The van der Waals surface area contributed by atoms with E-state index in [0.717, 1.165) is 69.9 Å². The van der Waals surface area contributed by atoms with Crippen LogP contribution < -0.4 is 0 Å². The van der Waals surface area contributed by atoms with Crippen LogP contribution in [0.2, 0.25) is 0 Å². The van der Waals surface area contributed by atoms with Crippen LogP contribution in [0.5, 0.6) is 0 Å². The van der Waals surface area contributed by atoms with Gasteiger partial charge in [-0.2, -0.15) is 0 Å². The zero-order valence-corrected chi connectivity index (χ0v) is 31.6. The molecule has 0 unspecified atom stereocenters. The number of rotatable bonds is 8. The predicted octanol–water partition coefficient (Wildman–Crippen LogP) is 14.0. The lowest BCUT2D eigenvalue weighted by atomic mass is 9.86. The van der Waals surface area contributed by atoms with Crippen LogP contribution >= 0.6 is 0 Å². The lowest BCUT2D eigenvalue weighted by Gasteiger charge is -2.19. The SMILES string of the molecule is CCc1cc(CC)cc(-c2cnc3c(ccc4cc(-c5cc(CC)cc(CC)c5)c(-c5ccc6ccccc6c5-c5cccc6ccccc56)nc43)c2)c1. The van der Waals surface area contributed by atoms with Gasteiger partial charge in [0, 0.05) is 33.7 Å². The van der Waals surface area contributed by atoms with Crippen molar-refractivity contribution in [2.24, 2.45) is 0 Å². The number of benzene rings is 7. The molecule has 262 valence electrons. The zero-order valence-electron chi connectivity index (χ0n) is 31.6. The number of hydrogen-bond acceptors (Lipinski definition) is 2. The third kappa shape index (κ3) is 5.93. The average Bonchev–Trinajstić information content (AvgIpc) is 3.24. The summed E-state index contributed by atoms with van der Waals surface area (Å²) < 4.78 is 0. The van der Waals surface area contributed by atoms with Crippen molar-refractivity contribution in [1.82, 2.24) is 9.97 Å². The minimum atomic E-state index is 0.925. The first-order valence-electron chi connectivity index (χ1n) is 19.5. The van der Waals surface area contributed by atoms with E-state index in [2.05, 4.69) is 167 Å². The van der Waals surface area contributed by atoms with E-state index in [1.54, 1.807) is 0 Å². The summed E-state index contributed by atoms with van der Waals surface area (Å²) in [6.07, 6.45) is 6.02. The molecule has 0 aliphatic carbocycles. The van der Waals surface area contributed by atoms with Gasteiger partial charge in [0.25, 0.3) is 0 Å². The molecule has 2 heteroatoms. The van der Waals surface area contributed by atoms with Crippen LogP contribution in [0.3, 0.4) is 0 Å². The highest BCUT2D eigenvalue weighted by Crippen LogP contribution is 2.45.